The van der Waals surface area contributed by atoms with Crippen LogP contribution in [0.3, 0.4) is 0 Å². The molecule has 190 valence electrons. The lowest BCUT2D eigenvalue weighted by Crippen LogP contribution is -2.48. The second-order valence-electron chi connectivity index (χ2n) is 9.06. The van der Waals surface area contributed by atoms with Gasteiger partial charge in [0.05, 0.1) is 50.7 Å². The van der Waals surface area contributed by atoms with Gasteiger partial charge in [0.2, 0.25) is 5.91 Å². The number of carbonyl (C=O) groups excluding carboxylic acids is 2. The first kappa shape index (κ1) is 27.6. The Kier molecular flexibility index (Phi) is 11.3. The summed E-state index contributed by atoms with van der Waals surface area (Å²) in [5.74, 6) is -1.28. The molecule has 1 amide bonds. The molecule has 0 aromatic heterocycles. The molecule has 2 rings (SSSR count). The number of esters is 1. The van der Waals surface area contributed by atoms with Gasteiger partial charge >= 0.3 is 11.9 Å². The van der Waals surface area contributed by atoms with Gasteiger partial charge in [0.1, 0.15) is 5.75 Å². The molecule has 0 heterocycles. The Labute approximate surface area is 202 Å². The number of amides is 1. The zero-order chi connectivity index (χ0) is 25.0. The summed E-state index contributed by atoms with van der Waals surface area (Å²) in [5, 5.41) is 12.7. The Balaban J connectivity index is 2.08. The molecule has 0 radical (unpaired) electrons. The average Bonchev–Trinajstić information content (AvgIpc) is 3.29. The highest BCUT2D eigenvalue weighted by molar-refractivity contribution is 5.84. The van der Waals surface area contributed by atoms with Crippen molar-refractivity contribution in [3.05, 3.63) is 29.8 Å². The van der Waals surface area contributed by atoms with Crippen LogP contribution in [0.2, 0.25) is 0 Å². The SMILES string of the molecule is CCC[C@H](CC1(C(=O)N[C@H](COCc2cccc(OC)c2)CC(=O)OCC)CCCC1)C(=O)O. The van der Waals surface area contributed by atoms with E-state index in [1.165, 1.54) is 0 Å². The van der Waals surface area contributed by atoms with Gasteiger partial charge in [-0.1, -0.05) is 38.3 Å². The highest BCUT2D eigenvalue weighted by atomic mass is 16.5. The highest BCUT2D eigenvalue weighted by Crippen LogP contribution is 2.44. The van der Waals surface area contributed by atoms with Gasteiger partial charge in [-0.05, 0) is 50.3 Å². The predicted molar refractivity (Wildman–Crippen MR) is 127 cm³/mol. The molecular formula is C26H39NO7. The fourth-order valence-electron chi connectivity index (χ4n) is 4.70. The Bertz CT molecular complexity index is 804. The molecule has 0 saturated heterocycles. The number of aliphatic carboxylic acids is 1. The van der Waals surface area contributed by atoms with Gasteiger partial charge in [-0.3, -0.25) is 14.4 Å². The van der Waals surface area contributed by atoms with Crippen LogP contribution in [0.25, 0.3) is 0 Å². The van der Waals surface area contributed by atoms with E-state index in [-0.39, 0.29) is 25.5 Å². The largest absolute Gasteiger partial charge is 0.497 e. The van der Waals surface area contributed by atoms with Crippen LogP contribution in [0.15, 0.2) is 24.3 Å². The number of methoxy groups -OCH3 is 1. The summed E-state index contributed by atoms with van der Waals surface area (Å²) in [4.78, 5) is 37.4. The molecule has 1 aliphatic carbocycles. The summed E-state index contributed by atoms with van der Waals surface area (Å²) < 4.78 is 16.2. The lowest BCUT2D eigenvalue weighted by atomic mass is 9.75. The van der Waals surface area contributed by atoms with E-state index in [4.69, 9.17) is 14.2 Å². The summed E-state index contributed by atoms with van der Waals surface area (Å²) in [7, 11) is 1.60. The molecule has 8 nitrogen and oxygen atoms in total. The molecule has 0 spiro atoms. The van der Waals surface area contributed by atoms with Crippen molar-refractivity contribution in [1.29, 1.82) is 0 Å². The smallest absolute Gasteiger partial charge is 0.307 e. The number of rotatable bonds is 15. The third-order valence-corrected chi connectivity index (χ3v) is 6.44. The van der Waals surface area contributed by atoms with E-state index in [1.807, 2.05) is 31.2 Å². The van der Waals surface area contributed by atoms with Gasteiger partial charge < -0.3 is 24.6 Å². The van der Waals surface area contributed by atoms with E-state index in [2.05, 4.69) is 5.32 Å². The minimum Gasteiger partial charge on any atom is -0.497 e. The highest BCUT2D eigenvalue weighted by Gasteiger charge is 2.44. The molecule has 1 fully saturated rings. The first-order valence-corrected chi connectivity index (χ1v) is 12.2. The van der Waals surface area contributed by atoms with Crippen LogP contribution in [-0.4, -0.2) is 49.3 Å². The van der Waals surface area contributed by atoms with Gasteiger partial charge in [0.25, 0.3) is 0 Å². The lowest BCUT2D eigenvalue weighted by Gasteiger charge is -2.32. The standard InChI is InChI=1S/C26H39NO7/c1-4-9-20(24(29)30)16-26(12-6-7-13-26)25(31)27-21(15-23(28)34-5-2)18-33-17-19-10-8-11-22(14-19)32-3/h8,10-11,14,20-21H,4-7,9,12-13,15-18H2,1-3H3,(H,27,31)(H,29,30)/t20-,21+/m1/s1. The average molecular weight is 478 g/mol. The van der Waals surface area contributed by atoms with Crippen molar-refractivity contribution in [2.24, 2.45) is 11.3 Å². The van der Waals surface area contributed by atoms with Crippen molar-refractivity contribution in [3.63, 3.8) is 0 Å². The molecule has 2 atom stereocenters. The minimum absolute atomic E-state index is 0.00884. The molecular weight excluding hydrogens is 438 g/mol. The fourth-order valence-corrected chi connectivity index (χ4v) is 4.70. The molecule has 34 heavy (non-hydrogen) atoms. The maximum Gasteiger partial charge on any atom is 0.307 e. The molecule has 1 aromatic rings. The zero-order valence-electron chi connectivity index (χ0n) is 20.6. The van der Waals surface area contributed by atoms with Crippen LogP contribution in [-0.2, 0) is 30.5 Å². The van der Waals surface area contributed by atoms with Crippen LogP contribution in [0.1, 0.15) is 70.8 Å². The molecule has 8 heteroatoms. The van der Waals surface area contributed by atoms with Crippen molar-refractivity contribution in [2.45, 2.75) is 77.9 Å². The minimum atomic E-state index is -0.856. The van der Waals surface area contributed by atoms with Crippen LogP contribution in [0.5, 0.6) is 5.75 Å². The van der Waals surface area contributed by atoms with E-state index in [0.29, 0.717) is 32.3 Å². The number of carbonyl (C=O) groups is 3. The summed E-state index contributed by atoms with van der Waals surface area (Å²) in [6.45, 7) is 4.38. The fraction of sp³-hybridized carbons (Fsp3) is 0.654. The molecule has 1 saturated carbocycles. The third-order valence-electron chi connectivity index (χ3n) is 6.44. The normalized spacial score (nSPS) is 16.4. The lowest BCUT2D eigenvalue weighted by molar-refractivity contribution is -0.145. The van der Waals surface area contributed by atoms with E-state index in [9.17, 15) is 19.5 Å². The van der Waals surface area contributed by atoms with Crippen molar-refractivity contribution < 1.29 is 33.7 Å². The Morgan fingerprint density at radius 3 is 2.53 bits per heavy atom. The van der Waals surface area contributed by atoms with Gasteiger partial charge in [-0.15, -0.1) is 0 Å². The number of carboxylic acid groups (broad SMARTS) is 1. The first-order chi connectivity index (χ1) is 16.3. The first-order valence-electron chi connectivity index (χ1n) is 12.2. The second kappa shape index (κ2) is 13.9. The van der Waals surface area contributed by atoms with Crippen LogP contribution in [0, 0.1) is 11.3 Å². The van der Waals surface area contributed by atoms with E-state index < -0.39 is 29.3 Å². The van der Waals surface area contributed by atoms with Crippen LogP contribution < -0.4 is 10.1 Å². The van der Waals surface area contributed by atoms with Gasteiger partial charge in [-0.25, -0.2) is 0 Å². The van der Waals surface area contributed by atoms with Gasteiger partial charge in [0, 0.05) is 0 Å². The number of ether oxygens (including phenoxy) is 3. The number of benzene rings is 1. The number of nitrogens with one attached hydrogen (secondary N) is 1. The van der Waals surface area contributed by atoms with Crippen molar-refractivity contribution in [1.82, 2.24) is 5.32 Å². The second-order valence-corrected chi connectivity index (χ2v) is 9.06. The van der Waals surface area contributed by atoms with Gasteiger partial charge in [0.15, 0.2) is 0 Å². The summed E-state index contributed by atoms with van der Waals surface area (Å²) in [6.07, 6.45) is 4.69. The molecule has 1 aliphatic rings. The number of carboxylic acids is 1. The summed E-state index contributed by atoms with van der Waals surface area (Å²) in [6, 6.07) is 6.93. The van der Waals surface area contributed by atoms with Crippen molar-refractivity contribution in [3.8, 4) is 5.75 Å². The van der Waals surface area contributed by atoms with Crippen molar-refractivity contribution in [2.75, 3.05) is 20.3 Å². The Hall–Kier alpha value is -2.61. The molecule has 2 N–H and O–H groups in total. The van der Waals surface area contributed by atoms with Crippen LogP contribution >= 0.6 is 0 Å². The number of hydrogen-bond acceptors (Lipinski definition) is 6. The maximum absolute atomic E-state index is 13.5. The van der Waals surface area contributed by atoms with Gasteiger partial charge in [-0.2, -0.15) is 0 Å². The monoisotopic (exact) mass is 477 g/mol. The van der Waals surface area contributed by atoms with Crippen molar-refractivity contribution >= 4 is 17.8 Å². The third kappa shape index (κ3) is 8.31. The predicted octanol–water partition coefficient (Wildman–Crippen LogP) is 4.10. The Morgan fingerprint density at radius 1 is 1.18 bits per heavy atom. The molecule has 0 unspecified atom stereocenters. The molecule has 0 bridgehead atoms. The van der Waals surface area contributed by atoms with E-state index in [1.54, 1.807) is 14.0 Å². The molecule has 1 aromatic carbocycles. The van der Waals surface area contributed by atoms with E-state index in [0.717, 1.165) is 30.6 Å². The van der Waals surface area contributed by atoms with E-state index >= 15 is 0 Å². The quantitative estimate of drug-likeness (QED) is 0.366. The summed E-state index contributed by atoms with van der Waals surface area (Å²) in [5.41, 5.74) is 0.189. The zero-order valence-corrected chi connectivity index (χ0v) is 20.6. The van der Waals surface area contributed by atoms with Crippen LogP contribution in [0.4, 0.5) is 0 Å². The Morgan fingerprint density at radius 2 is 1.91 bits per heavy atom. The summed E-state index contributed by atoms with van der Waals surface area (Å²) >= 11 is 0. The maximum atomic E-state index is 13.5. The topological polar surface area (TPSA) is 111 Å². The molecule has 0 aliphatic heterocycles. The number of hydrogen-bond donors (Lipinski definition) is 2.